The van der Waals surface area contributed by atoms with Crippen LogP contribution in [0.25, 0.3) is 0 Å². The lowest BCUT2D eigenvalue weighted by atomic mass is 9.87. The standard InChI is InChI=1S/C15H30N2O/c1-13-5-4-6-14(11-13)16-7-8-17-9-10-18-12-15(17,2)3/h13-14,16H,4-12H2,1-3H3. The van der Waals surface area contributed by atoms with Crippen LogP contribution in [0.2, 0.25) is 0 Å². The third-order valence-electron chi connectivity index (χ3n) is 4.57. The van der Waals surface area contributed by atoms with Crippen LogP contribution in [0.15, 0.2) is 0 Å². The van der Waals surface area contributed by atoms with E-state index in [0.717, 1.165) is 44.8 Å². The Hall–Kier alpha value is -0.120. The molecule has 0 amide bonds. The van der Waals surface area contributed by atoms with Crippen LogP contribution in [0.4, 0.5) is 0 Å². The van der Waals surface area contributed by atoms with Gasteiger partial charge in [0.1, 0.15) is 0 Å². The van der Waals surface area contributed by atoms with Crippen molar-refractivity contribution in [1.29, 1.82) is 0 Å². The molecule has 1 aliphatic heterocycles. The molecule has 1 saturated carbocycles. The van der Waals surface area contributed by atoms with E-state index in [0.29, 0.717) is 0 Å². The monoisotopic (exact) mass is 254 g/mol. The third-order valence-corrected chi connectivity index (χ3v) is 4.57. The molecule has 2 aliphatic rings. The fraction of sp³-hybridized carbons (Fsp3) is 1.00. The average Bonchev–Trinajstić information content (AvgIpc) is 2.31. The Bertz CT molecular complexity index is 255. The summed E-state index contributed by atoms with van der Waals surface area (Å²) in [5.41, 5.74) is 0.208. The molecule has 1 aliphatic carbocycles. The first-order chi connectivity index (χ1) is 8.58. The molecule has 3 heteroatoms. The number of nitrogens with zero attached hydrogens (tertiary/aromatic N) is 1. The van der Waals surface area contributed by atoms with Crippen molar-refractivity contribution < 1.29 is 4.74 Å². The first-order valence-corrected chi connectivity index (χ1v) is 7.64. The molecule has 18 heavy (non-hydrogen) atoms. The van der Waals surface area contributed by atoms with E-state index in [4.69, 9.17) is 4.74 Å². The highest BCUT2D eigenvalue weighted by Gasteiger charge is 2.30. The van der Waals surface area contributed by atoms with E-state index in [1.165, 1.54) is 25.7 Å². The average molecular weight is 254 g/mol. The lowest BCUT2D eigenvalue weighted by molar-refractivity contribution is -0.0503. The summed E-state index contributed by atoms with van der Waals surface area (Å²) >= 11 is 0. The number of morpholine rings is 1. The highest BCUT2D eigenvalue weighted by Crippen LogP contribution is 2.23. The Labute approximate surface area is 112 Å². The van der Waals surface area contributed by atoms with Crippen LogP contribution in [0.5, 0.6) is 0 Å². The highest BCUT2D eigenvalue weighted by molar-refractivity contribution is 4.85. The Morgan fingerprint density at radius 1 is 1.33 bits per heavy atom. The molecule has 0 spiro atoms. The molecule has 1 saturated heterocycles. The second kappa shape index (κ2) is 6.36. The zero-order chi connectivity index (χ0) is 13.0. The third kappa shape index (κ3) is 3.94. The summed E-state index contributed by atoms with van der Waals surface area (Å²) in [4.78, 5) is 2.57. The van der Waals surface area contributed by atoms with Gasteiger partial charge in [-0.15, -0.1) is 0 Å². The van der Waals surface area contributed by atoms with Crippen molar-refractivity contribution in [2.75, 3.05) is 32.8 Å². The molecule has 0 radical (unpaired) electrons. The predicted molar refractivity (Wildman–Crippen MR) is 75.9 cm³/mol. The van der Waals surface area contributed by atoms with Gasteiger partial charge in [0, 0.05) is 31.2 Å². The van der Waals surface area contributed by atoms with Gasteiger partial charge in [0.25, 0.3) is 0 Å². The van der Waals surface area contributed by atoms with Crippen LogP contribution in [0.3, 0.4) is 0 Å². The summed E-state index contributed by atoms with van der Waals surface area (Å²) in [5.74, 6) is 0.913. The zero-order valence-corrected chi connectivity index (χ0v) is 12.4. The molecule has 106 valence electrons. The Balaban J connectivity index is 1.68. The fourth-order valence-electron chi connectivity index (χ4n) is 3.33. The lowest BCUT2D eigenvalue weighted by Gasteiger charge is -2.42. The van der Waals surface area contributed by atoms with Crippen molar-refractivity contribution >= 4 is 0 Å². The largest absolute Gasteiger partial charge is 0.378 e. The molecule has 1 heterocycles. The topological polar surface area (TPSA) is 24.5 Å². The Morgan fingerprint density at radius 2 is 2.17 bits per heavy atom. The normalized spacial score (nSPS) is 33.5. The molecule has 2 rings (SSSR count). The summed E-state index contributed by atoms with van der Waals surface area (Å²) in [6, 6.07) is 0.762. The molecule has 1 N–H and O–H groups in total. The van der Waals surface area contributed by atoms with E-state index >= 15 is 0 Å². The minimum Gasteiger partial charge on any atom is -0.378 e. The summed E-state index contributed by atoms with van der Waals surface area (Å²) in [5, 5.41) is 3.75. The van der Waals surface area contributed by atoms with E-state index in [1.807, 2.05) is 0 Å². The van der Waals surface area contributed by atoms with E-state index in [9.17, 15) is 0 Å². The van der Waals surface area contributed by atoms with Crippen LogP contribution in [0.1, 0.15) is 46.5 Å². The maximum absolute atomic E-state index is 5.56. The van der Waals surface area contributed by atoms with Gasteiger partial charge in [0.05, 0.1) is 13.2 Å². The summed E-state index contributed by atoms with van der Waals surface area (Å²) in [6.45, 7) is 12.1. The number of hydrogen-bond donors (Lipinski definition) is 1. The zero-order valence-electron chi connectivity index (χ0n) is 12.4. The molecule has 0 aromatic heterocycles. The SMILES string of the molecule is CC1CCCC(NCCN2CCOCC2(C)C)C1. The minimum atomic E-state index is 0.208. The van der Waals surface area contributed by atoms with E-state index in [-0.39, 0.29) is 5.54 Å². The molecular weight excluding hydrogens is 224 g/mol. The van der Waals surface area contributed by atoms with Crippen LogP contribution in [-0.2, 0) is 4.74 Å². The van der Waals surface area contributed by atoms with Gasteiger partial charge in [-0.2, -0.15) is 0 Å². The van der Waals surface area contributed by atoms with Crippen molar-refractivity contribution in [2.45, 2.75) is 58.0 Å². The van der Waals surface area contributed by atoms with E-state index < -0.39 is 0 Å². The number of nitrogens with one attached hydrogen (secondary N) is 1. The van der Waals surface area contributed by atoms with Gasteiger partial charge in [0.15, 0.2) is 0 Å². The second-order valence-corrected chi connectivity index (χ2v) is 6.77. The van der Waals surface area contributed by atoms with Gasteiger partial charge in [-0.3, -0.25) is 4.90 Å². The number of ether oxygens (including phenoxy) is 1. The van der Waals surface area contributed by atoms with Crippen molar-refractivity contribution in [2.24, 2.45) is 5.92 Å². The molecule has 0 bridgehead atoms. The molecular formula is C15H30N2O. The van der Waals surface area contributed by atoms with Gasteiger partial charge in [0.2, 0.25) is 0 Å². The van der Waals surface area contributed by atoms with Gasteiger partial charge in [-0.25, -0.2) is 0 Å². The maximum atomic E-state index is 5.56. The van der Waals surface area contributed by atoms with Gasteiger partial charge in [-0.1, -0.05) is 19.8 Å². The molecule has 2 fully saturated rings. The molecule has 0 aromatic rings. The highest BCUT2D eigenvalue weighted by atomic mass is 16.5. The van der Waals surface area contributed by atoms with Gasteiger partial charge < -0.3 is 10.1 Å². The van der Waals surface area contributed by atoms with Gasteiger partial charge in [-0.05, 0) is 32.6 Å². The summed E-state index contributed by atoms with van der Waals surface area (Å²) in [7, 11) is 0. The first-order valence-electron chi connectivity index (χ1n) is 7.64. The Kier molecular flexibility index (Phi) is 5.05. The summed E-state index contributed by atoms with van der Waals surface area (Å²) < 4.78 is 5.56. The van der Waals surface area contributed by atoms with Gasteiger partial charge >= 0.3 is 0 Å². The first kappa shape index (κ1) is 14.3. The van der Waals surface area contributed by atoms with E-state index in [1.54, 1.807) is 0 Å². The fourth-order valence-corrected chi connectivity index (χ4v) is 3.33. The van der Waals surface area contributed by atoms with Crippen molar-refractivity contribution in [3.05, 3.63) is 0 Å². The quantitative estimate of drug-likeness (QED) is 0.833. The molecule has 0 aromatic carbocycles. The minimum absolute atomic E-state index is 0.208. The Morgan fingerprint density at radius 3 is 2.89 bits per heavy atom. The van der Waals surface area contributed by atoms with Crippen molar-refractivity contribution in [3.8, 4) is 0 Å². The lowest BCUT2D eigenvalue weighted by Crippen LogP contribution is -2.55. The second-order valence-electron chi connectivity index (χ2n) is 6.77. The maximum Gasteiger partial charge on any atom is 0.0645 e. The molecule has 2 atom stereocenters. The van der Waals surface area contributed by atoms with Crippen LogP contribution < -0.4 is 5.32 Å². The molecule has 3 nitrogen and oxygen atoms in total. The number of hydrogen-bond acceptors (Lipinski definition) is 3. The molecule has 2 unspecified atom stereocenters. The van der Waals surface area contributed by atoms with Crippen LogP contribution in [-0.4, -0.2) is 49.3 Å². The predicted octanol–water partition coefficient (Wildman–Crippen LogP) is 2.27. The van der Waals surface area contributed by atoms with Crippen molar-refractivity contribution in [3.63, 3.8) is 0 Å². The van der Waals surface area contributed by atoms with Crippen LogP contribution in [0, 0.1) is 5.92 Å². The van der Waals surface area contributed by atoms with Crippen LogP contribution >= 0.6 is 0 Å². The number of rotatable bonds is 4. The summed E-state index contributed by atoms with van der Waals surface area (Å²) in [6.07, 6.45) is 5.57. The smallest absolute Gasteiger partial charge is 0.0645 e. The van der Waals surface area contributed by atoms with Crippen molar-refractivity contribution in [1.82, 2.24) is 10.2 Å². The van der Waals surface area contributed by atoms with E-state index in [2.05, 4.69) is 31.0 Å².